The summed E-state index contributed by atoms with van der Waals surface area (Å²) in [5.74, 6) is 0.734. The Morgan fingerprint density at radius 3 is 2.55 bits per heavy atom. The maximum Gasteiger partial charge on any atom is 0.177 e. The number of hydrogen-bond donors (Lipinski definition) is 0. The highest BCUT2D eigenvalue weighted by Crippen LogP contribution is 2.12. The van der Waals surface area contributed by atoms with E-state index in [1.807, 2.05) is 26.0 Å². The zero-order chi connectivity index (χ0) is 15.1. The lowest BCUT2D eigenvalue weighted by molar-refractivity contribution is 0.0880. The molecule has 0 aromatic heterocycles. The van der Waals surface area contributed by atoms with Crippen LogP contribution in [-0.2, 0) is 4.74 Å². The summed E-state index contributed by atoms with van der Waals surface area (Å²) in [7, 11) is 1.69. The fraction of sp³-hybridized carbons (Fsp3) is 0.588. The summed E-state index contributed by atoms with van der Waals surface area (Å²) in [4.78, 5) is 14.6. The maximum atomic E-state index is 12.4. The number of rotatable bonds is 8. The van der Waals surface area contributed by atoms with Gasteiger partial charge in [-0.1, -0.05) is 37.6 Å². The summed E-state index contributed by atoms with van der Waals surface area (Å²) in [5, 5.41) is 0. The van der Waals surface area contributed by atoms with Crippen molar-refractivity contribution in [1.29, 1.82) is 0 Å². The summed E-state index contributed by atoms with van der Waals surface area (Å²) in [6.45, 7) is 11.2. The van der Waals surface area contributed by atoms with Crippen LogP contribution in [0, 0.1) is 19.8 Å². The standard InChI is InChI=1S/C17H27NO2/c1-13(2)11-18(8-9-20-5)12-17(19)16-7-6-14(3)10-15(16)4/h6-7,10,13H,8-9,11-12H2,1-5H3. The van der Waals surface area contributed by atoms with Gasteiger partial charge in [0.05, 0.1) is 13.2 Å². The SMILES string of the molecule is COCCN(CC(=O)c1ccc(C)cc1C)CC(C)C. The third-order valence-electron chi connectivity index (χ3n) is 3.28. The van der Waals surface area contributed by atoms with Crippen LogP contribution in [0.4, 0.5) is 0 Å². The number of carbonyl (C=O) groups is 1. The first-order valence-corrected chi connectivity index (χ1v) is 7.25. The van der Waals surface area contributed by atoms with E-state index in [2.05, 4.69) is 24.8 Å². The predicted molar refractivity (Wildman–Crippen MR) is 83.4 cm³/mol. The van der Waals surface area contributed by atoms with Crippen LogP contribution in [-0.4, -0.2) is 44.0 Å². The van der Waals surface area contributed by atoms with Crippen molar-refractivity contribution >= 4 is 5.78 Å². The Morgan fingerprint density at radius 2 is 2.00 bits per heavy atom. The van der Waals surface area contributed by atoms with Crippen molar-refractivity contribution in [2.75, 3.05) is 33.4 Å². The molecule has 1 aromatic rings. The molecular weight excluding hydrogens is 250 g/mol. The number of nitrogens with zero attached hydrogens (tertiary/aromatic N) is 1. The quantitative estimate of drug-likeness (QED) is 0.684. The lowest BCUT2D eigenvalue weighted by atomic mass is 10.0. The first-order chi connectivity index (χ1) is 9.43. The second kappa shape index (κ2) is 8.18. The Hall–Kier alpha value is -1.19. The van der Waals surface area contributed by atoms with E-state index in [1.54, 1.807) is 7.11 Å². The third kappa shape index (κ3) is 5.43. The van der Waals surface area contributed by atoms with Gasteiger partial charge < -0.3 is 4.74 Å². The number of methoxy groups -OCH3 is 1. The minimum atomic E-state index is 0.194. The molecule has 0 aliphatic rings. The number of benzene rings is 1. The topological polar surface area (TPSA) is 29.5 Å². The smallest absolute Gasteiger partial charge is 0.177 e. The molecule has 0 aliphatic heterocycles. The maximum absolute atomic E-state index is 12.4. The van der Waals surface area contributed by atoms with Gasteiger partial charge in [0, 0.05) is 25.8 Å². The molecule has 0 radical (unpaired) electrons. The van der Waals surface area contributed by atoms with E-state index in [0.717, 1.165) is 24.2 Å². The summed E-state index contributed by atoms with van der Waals surface area (Å²) in [5.41, 5.74) is 3.09. The van der Waals surface area contributed by atoms with Crippen molar-refractivity contribution in [3.05, 3.63) is 34.9 Å². The van der Waals surface area contributed by atoms with Gasteiger partial charge in [-0.3, -0.25) is 9.69 Å². The normalized spacial score (nSPS) is 11.3. The highest BCUT2D eigenvalue weighted by Gasteiger charge is 2.15. The number of ether oxygens (including phenoxy) is 1. The highest BCUT2D eigenvalue weighted by atomic mass is 16.5. The first kappa shape index (κ1) is 16.9. The first-order valence-electron chi connectivity index (χ1n) is 7.25. The molecule has 0 saturated carbocycles. The van der Waals surface area contributed by atoms with Gasteiger partial charge in [-0.15, -0.1) is 0 Å². The van der Waals surface area contributed by atoms with E-state index >= 15 is 0 Å². The number of carbonyl (C=O) groups excluding carboxylic acids is 1. The Morgan fingerprint density at radius 1 is 1.30 bits per heavy atom. The van der Waals surface area contributed by atoms with Crippen molar-refractivity contribution in [2.45, 2.75) is 27.7 Å². The molecule has 20 heavy (non-hydrogen) atoms. The fourth-order valence-corrected chi connectivity index (χ4v) is 2.39. The zero-order valence-corrected chi connectivity index (χ0v) is 13.4. The summed E-state index contributed by atoms with van der Waals surface area (Å²) < 4.78 is 5.13. The van der Waals surface area contributed by atoms with Crippen molar-refractivity contribution in [2.24, 2.45) is 5.92 Å². The third-order valence-corrected chi connectivity index (χ3v) is 3.28. The summed E-state index contributed by atoms with van der Waals surface area (Å²) in [6.07, 6.45) is 0. The van der Waals surface area contributed by atoms with Crippen LogP contribution in [0.2, 0.25) is 0 Å². The number of aryl methyl sites for hydroxylation is 2. The lowest BCUT2D eigenvalue weighted by Gasteiger charge is -2.23. The van der Waals surface area contributed by atoms with Crippen molar-refractivity contribution in [3.8, 4) is 0 Å². The molecule has 0 unspecified atom stereocenters. The molecular formula is C17H27NO2. The molecule has 0 N–H and O–H groups in total. The Kier molecular flexibility index (Phi) is 6.89. The van der Waals surface area contributed by atoms with Crippen molar-refractivity contribution in [3.63, 3.8) is 0 Å². The van der Waals surface area contributed by atoms with Crippen LogP contribution in [0.15, 0.2) is 18.2 Å². The van der Waals surface area contributed by atoms with Crippen molar-refractivity contribution in [1.82, 2.24) is 4.90 Å². The molecule has 0 amide bonds. The van der Waals surface area contributed by atoms with Gasteiger partial charge in [-0.25, -0.2) is 0 Å². The van der Waals surface area contributed by atoms with Gasteiger partial charge in [-0.2, -0.15) is 0 Å². The largest absolute Gasteiger partial charge is 0.383 e. The van der Waals surface area contributed by atoms with Crippen LogP contribution >= 0.6 is 0 Å². The molecule has 3 heteroatoms. The molecule has 0 atom stereocenters. The van der Waals surface area contributed by atoms with Gasteiger partial charge in [0.25, 0.3) is 0 Å². The number of hydrogen-bond acceptors (Lipinski definition) is 3. The molecule has 0 bridgehead atoms. The number of Topliss-reactive ketones (excluding diaryl/α,β-unsaturated/α-hetero) is 1. The van der Waals surface area contributed by atoms with Crippen molar-refractivity contribution < 1.29 is 9.53 Å². The molecule has 1 rings (SSSR count). The average Bonchev–Trinajstić information content (AvgIpc) is 2.35. The van der Waals surface area contributed by atoms with Gasteiger partial charge >= 0.3 is 0 Å². The zero-order valence-electron chi connectivity index (χ0n) is 13.4. The highest BCUT2D eigenvalue weighted by molar-refractivity contribution is 5.98. The van der Waals surface area contributed by atoms with Gasteiger partial charge in [0.15, 0.2) is 5.78 Å². The molecule has 0 spiro atoms. The van der Waals surface area contributed by atoms with E-state index in [9.17, 15) is 4.79 Å². The number of ketones is 1. The van der Waals surface area contributed by atoms with E-state index in [0.29, 0.717) is 19.1 Å². The van der Waals surface area contributed by atoms with Crippen LogP contribution in [0.1, 0.15) is 35.3 Å². The van der Waals surface area contributed by atoms with E-state index in [4.69, 9.17) is 4.74 Å². The second-order valence-corrected chi connectivity index (χ2v) is 5.86. The Balaban J connectivity index is 2.73. The van der Waals surface area contributed by atoms with Crippen LogP contribution in [0.3, 0.4) is 0 Å². The van der Waals surface area contributed by atoms with Crippen LogP contribution < -0.4 is 0 Å². The van der Waals surface area contributed by atoms with Gasteiger partial charge in [0.1, 0.15) is 0 Å². The molecule has 0 heterocycles. The molecule has 3 nitrogen and oxygen atoms in total. The average molecular weight is 277 g/mol. The molecule has 1 aromatic carbocycles. The minimum absolute atomic E-state index is 0.194. The molecule has 0 saturated heterocycles. The minimum Gasteiger partial charge on any atom is -0.383 e. The molecule has 112 valence electrons. The fourth-order valence-electron chi connectivity index (χ4n) is 2.39. The summed E-state index contributed by atoms with van der Waals surface area (Å²) in [6, 6.07) is 6.01. The van der Waals surface area contributed by atoms with Gasteiger partial charge in [0.2, 0.25) is 0 Å². The van der Waals surface area contributed by atoms with E-state index in [-0.39, 0.29) is 5.78 Å². The Bertz CT molecular complexity index is 441. The summed E-state index contributed by atoms with van der Waals surface area (Å²) >= 11 is 0. The van der Waals surface area contributed by atoms with E-state index in [1.165, 1.54) is 5.56 Å². The predicted octanol–water partition coefficient (Wildman–Crippen LogP) is 3.09. The lowest BCUT2D eigenvalue weighted by Crippen LogP contribution is -2.35. The van der Waals surface area contributed by atoms with Crippen LogP contribution in [0.25, 0.3) is 0 Å². The molecule has 0 fully saturated rings. The second-order valence-electron chi connectivity index (χ2n) is 5.86. The Labute approximate surface area is 122 Å². The van der Waals surface area contributed by atoms with Gasteiger partial charge in [-0.05, 0) is 25.3 Å². The monoisotopic (exact) mass is 277 g/mol. The molecule has 0 aliphatic carbocycles. The van der Waals surface area contributed by atoms with Crippen LogP contribution in [0.5, 0.6) is 0 Å². The van der Waals surface area contributed by atoms with E-state index < -0.39 is 0 Å².